The number of nitrogen functional groups attached to an aromatic ring is 1. The fourth-order valence-corrected chi connectivity index (χ4v) is 1.86. The molecule has 2 heteroatoms. The second-order valence-electron chi connectivity index (χ2n) is 4.15. The molecule has 0 amide bonds. The predicted molar refractivity (Wildman–Crippen MR) is 67.4 cm³/mol. The van der Waals surface area contributed by atoms with Gasteiger partial charge in [0.05, 0.1) is 5.69 Å². The summed E-state index contributed by atoms with van der Waals surface area (Å²) in [6, 6.07) is 11.7. The highest BCUT2D eigenvalue weighted by atomic mass is 16.3. The Morgan fingerprint density at radius 1 is 0.875 bits per heavy atom. The number of aromatic hydroxyl groups is 1. The molecule has 0 aliphatic carbocycles. The molecular formula is C14H15NO. The fraction of sp³-hybridized carbons (Fsp3) is 0.143. The van der Waals surface area contributed by atoms with Gasteiger partial charge in [0, 0.05) is 0 Å². The summed E-state index contributed by atoms with van der Waals surface area (Å²) in [7, 11) is 0. The van der Waals surface area contributed by atoms with Crippen molar-refractivity contribution in [3.05, 3.63) is 47.5 Å². The second-order valence-corrected chi connectivity index (χ2v) is 4.15. The van der Waals surface area contributed by atoms with Crippen molar-refractivity contribution in [3.63, 3.8) is 0 Å². The van der Waals surface area contributed by atoms with Crippen LogP contribution in [0.4, 0.5) is 5.69 Å². The molecular weight excluding hydrogens is 198 g/mol. The number of phenols is 1. The average Bonchev–Trinajstić information content (AvgIpc) is 2.20. The molecule has 2 aromatic rings. The van der Waals surface area contributed by atoms with Gasteiger partial charge in [-0.3, -0.25) is 0 Å². The first kappa shape index (κ1) is 10.6. The van der Waals surface area contributed by atoms with Gasteiger partial charge in [0.2, 0.25) is 0 Å². The Morgan fingerprint density at radius 3 is 2.06 bits per heavy atom. The number of phenolic OH excluding ortho intramolecular Hbond substituents is 1. The normalized spacial score (nSPS) is 10.4. The zero-order valence-electron chi connectivity index (χ0n) is 9.49. The van der Waals surface area contributed by atoms with E-state index in [1.807, 2.05) is 6.07 Å². The van der Waals surface area contributed by atoms with E-state index in [0.29, 0.717) is 5.69 Å². The van der Waals surface area contributed by atoms with E-state index in [0.717, 1.165) is 11.1 Å². The maximum absolute atomic E-state index is 9.58. The Labute approximate surface area is 95.4 Å². The van der Waals surface area contributed by atoms with Crippen LogP contribution in [0, 0.1) is 13.8 Å². The highest BCUT2D eigenvalue weighted by Gasteiger charge is 2.02. The van der Waals surface area contributed by atoms with Crippen LogP contribution in [-0.4, -0.2) is 5.11 Å². The first-order valence-electron chi connectivity index (χ1n) is 5.23. The molecule has 2 aromatic carbocycles. The summed E-state index contributed by atoms with van der Waals surface area (Å²) in [6.07, 6.45) is 0. The van der Waals surface area contributed by atoms with E-state index < -0.39 is 0 Å². The lowest BCUT2D eigenvalue weighted by Crippen LogP contribution is -1.87. The van der Waals surface area contributed by atoms with Gasteiger partial charge in [-0.15, -0.1) is 0 Å². The van der Waals surface area contributed by atoms with Gasteiger partial charge >= 0.3 is 0 Å². The van der Waals surface area contributed by atoms with Crippen LogP contribution in [0.5, 0.6) is 5.75 Å². The molecule has 0 saturated carbocycles. The minimum Gasteiger partial charge on any atom is -0.506 e. The minimum absolute atomic E-state index is 0.136. The van der Waals surface area contributed by atoms with Crippen LogP contribution in [0.15, 0.2) is 36.4 Å². The molecule has 0 aliphatic rings. The molecule has 0 fully saturated rings. The molecule has 82 valence electrons. The Kier molecular flexibility index (Phi) is 2.57. The van der Waals surface area contributed by atoms with Gasteiger partial charge in [-0.25, -0.2) is 0 Å². The number of benzene rings is 2. The van der Waals surface area contributed by atoms with Gasteiger partial charge in [-0.2, -0.15) is 0 Å². The number of rotatable bonds is 1. The highest BCUT2D eigenvalue weighted by molar-refractivity contribution is 5.70. The monoisotopic (exact) mass is 213 g/mol. The third-order valence-corrected chi connectivity index (χ3v) is 2.59. The van der Waals surface area contributed by atoms with E-state index >= 15 is 0 Å². The maximum atomic E-state index is 9.58. The first-order chi connectivity index (χ1) is 7.56. The molecule has 0 atom stereocenters. The van der Waals surface area contributed by atoms with Crippen molar-refractivity contribution in [2.45, 2.75) is 13.8 Å². The molecule has 16 heavy (non-hydrogen) atoms. The van der Waals surface area contributed by atoms with Crippen molar-refractivity contribution >= 4 is 5.69 Å². The van der Waals surface area contributed by atoms with E-state index in [4.69, 9.17) is 5.73 Å². The van der Waals surface area contributed by atoms with Crippen molar-refractivity contribution in [3.8, 4) is 16.9 Å². The molecule has 2 nitrogen and oxygen atoms in total. The molecule has 2 rings (SSSR count). The molecule has 3 N–H and O–H groups in total. The zero-order chi connectivity index (χ0) is 11.7. The number of hydrogen-bond donors (Lipinski definition) is 2. The summed E-state index contributed by atoms with van der Waals surface area (Å²) in [5.41, 5.74) is 10.5. The summed E-state index contributed by atoms with van der Waals surface area (Å²) in [6.45, 7) is 4.13. The van der Waals surface area contributed by atoms with Crippen molar-refractivity contribution in [2.75, 3.05) is 5.73 Å². The lowest BCUT2D eigenvalue weighted by molar-refractivity contribution is 0.478. The van der Waals surface area contributed by atoms with Gasteiger partial charge in [0.25, 0.3) is 0 Å². The molecule has 0 radical (unpaired) electrons. The van der Waals surface area contributed by atoms with Gasteiger partial charge < -0.3 is 10.8 Å². The van der Waals surface area contributed by atoms with Crippen LogP contribution in [0.2, 0.25) is 0 Å². The SMILES string of the molecule is Cc1cc(C)cc(-c2ccc(N)c(O)c2)c1. The second kappa shape index (κ2) is 3.89. The van der Waals surface area contributed by atoms with Crippen LogP contribution in [0.3, 0.4) is 0 Å². The van der Waals surface area contributed by atoms with Crippen LogP contribution < -0.4 is 5.73 Å². The molecule has 0 aromatic heterocycles. The summed E-state index contributed by atoms with van der Waals surface area (Å²) < 4.78 is 0. The van der Waals surface area contributed by atoms with Gasteiger partial charge in [0.15, 0.2) is 0 Å². The van der Waals surface area contributed by atoms with Crippen LogP contribution >= 0.6 is 0 Å². The lowest BCUT2D eigenvalue weighted by atomic mass is 10.0. The van der Waals surface area contributed by atoms with Crippen molar-refractivity contribution < 1.29 is 5.11 Å². The topological polar surface area (TPSA) is 46.2 Å². The number of aryl methyl sites for hydroxylation is 2. The largest absolute Gasteiger partial charge is 0.506 e. The summed E-state index contributed by atoms with van der Waals surface area (Å²) in [5.74, 6) is 0.136. The Bertz CT molecular complexity index is 512. The Balaban J connectivity index is 2.54. The van der Waals surface area contributed by atoms with E-state index in [9.17, 15) is 5.11 Å². The summed E-state index contributed by atoms with van der Waals surface area (Å²) >= 11 is 0. The minimum atomic E-state index is 0.136. The lowest BCUT2D eigenvalue weighted by Gasteiger charge is -2.07. The van der Waals surface area contributed by atoms with Crippen LogP contribution in [0.25, 0.3) is 11.1 Å². The highest BCUT2D eigenvalue weighted by Crippen LogP contribution is 2.28. The number of hydrogen-bond acceptors (Lipinski definition) is 2. The molecule has 0 heterocycles. The zero-order valence-corrected chi connectivity index (χ0v) is 9.49. The fourth-order valence-electron chi connectivity index (χ4n) is 1.86. The Morgan fingerprint density at radius 2 is 1.50 bits per heavy atom. The quantitative estimate of drug-likeness (QED) is 0.564. The standard InChI is InChI=1S/C14H15NO/c1-9-5-10(2)7-12(6-9)11-3-4-13(15)14(16)8-11/h3-8,16H,15H2,1-2H3. The van der Waals surface area contributed by atoms with E-state index in [1.54, 1.807) is 12.1 Å². The molecule has 0 spiro atoms. The van der Waals surface area contributed by atoms with E-state index in [2.05, 4.69) is 32.0 Å². The van der Waals surface area contributed by atoms with Crippen molar-refractivity contribution in [1.29, 1.82) is 0 Å². The number of anilines is 1. The summed E-state index contributed by atoms with van der Waals surface area (Å²) in [5, 5.41) is 9.58. The van der Waals surface area contributed by atoms with E-state index in [-0.39, 0.29) is 5.75 Å². The summed E-state index contributed by atoms with van der Waals surface area (Å²) in [4.78, 5) is 0. The van der Waals surface area contributed by atoms with Crippen molar-refractivity contribution in [1.82, 2.24) is 0 Å². The predicted octanol–water partition coefficient (Wildman–Crippen LogP) is 3.26. The van der Waals surface area contributed by atoms with Crippen LogP contribution in [0.1, 0.15) is 11.1 Å². The van der Waals surface area contributed by atoms with Crippen LogP contribution in [-0.2, 0) is 0 Å². The molecule has 0 saturated heterocycles. The van der Waals surface area contributed by atoms with E-state index in [1.165, 1.54) is 11.1 Å². The van der Waals surface area contributed by atoms with Crippen molar-refractivity contribution in [2.24, 2.45) is 0 Å². The van der Waals surface area contributed by atoms with Gasteiger partial charge in [0.1, 0.15) is 5.75 Å². The average molecular weight is 213 g/mol. The Hall–Kier alpha value is -1.96. The van der Waals surface area contributed by atoms with Gasteiger partial charge in [-0.05, 0) is 37.1 Å². The third-order valence-electron chi connectivity index (χ3n) is 2.59. The smallest absolute Gasteiger partial charge is 0.139 e. The third kappa shape index (κ3) is 2.01. The maximum Gasteiger partial charge on any atom is 0.139 e. The van der Waals surface area contributed by atoms with Gasteiger partial charge in [-0.1, -0.05) is 35.4 Å². The molecule has 0 aliphatic heterocycles. The number of nitrogens with two attached hydrogens (primary N) is 1. The molecule has 0 unspecified atom stereocenters. The first-order valence-corrected chi connectivity index (χ1v) is 5.23. The molecule has 0 bridgehead atoms.